The third-order valence-corrected chi connectivity index (χ3v) is 4.41. The van der Waals surface area contributed by atoms with Gasteiger partial charge in [0, 0.05) is 5.54 Å². The molecule has 4 nitrogen and oxygen atoms in total. The maximum atomic E-state index is 5.80. The normalized spacial score (nSPS) is 22.6. The van der Waals surface area contributed by atoms with Gasteiger partial charge in [0.05, 0.1) is 12.3 Å². The lowest BCUT2D eigenvalue weighted by atomic mass is 9.84. The van der Waals surface area contributed by atoms with Crippen molar-refractivity contribution in [3.05, 3.63) is 24.2 Å². The molecule has 0 aliphatic carbocycles. The van der Waals surface area contributed by atoms with E-state index in [1.165, 1.54) is 19.3 Å². The zero-order valence-electron chi connectivity index (χ0n) is 11.5. The van der Waals surface area contributed by atoms with Crippen LogP contribution in [-0.4, -0.2) is 23.5 Å². The molecule has 1 aliphatic heterocycles. The molecule has 0 bridgehead atoms. The van der Waals surface area contributed by atoms with Crippen LogP contribution in [0.1, 0.15) is 51.3 Å². The van der Waals surface area contributed by atoms with E-state index in [2.05, 4.69) is 24.2 Å². The van der Waals surface area contributed by atoms with E-state index in [-0.39, 0.29) is 11.6 Å². The molecule has 2 atom stereocenters. The van der Waals surface area contributed by atoms with Crippen molar-refractivity contribution < 1.29 is 4.42 Å². The van der Waals surface area contributed by atoms with E-state index >= 15 is 0 Å². The van der Waals surface area contributed by atoms with Crippen molar-refractivity contribution in [2.75, 3.05) is 13.1 Å². The van der Waals surface area contributed by atoms with E-state index < -0.39 is 0 Å². The Labute approximate surface area is 109 Å². The van der Waals surface area contributed by atoms with Crippen molar-refractivity contribution >= 4 is 0 Å². The van der Waals surface area contributed by atoms with Gasteiger partial charge in [0.1, 0.15) is 5.76 Å². The number of hydrogen-bond donors (Lipinski definition) is 2. The Morgan fingerprint density at radius 2 is 2.17 bits per heavy atom. The van der Waals surface area contributed by atoms with Gasteiger partial charge in [-0.1, -0.05) is 13.3 Å². The number of likely N-dealkylation sites (tertiary alicyclic amines) is 1. The summed E-state index contributed by atoms with van der Waals surface area (Å²) in [6.45, 7) is 6.82. The quantitative estimate of drug-likeness (QED) is 0.623. The highest BCUT2D eigenvalue weighted by atomic mass is 16.3. The van der Waals surface area contributed by atoms with Gasteiger partial charge < -0.3 is 4.42 Å². The van der Waals surface area contributed by atoms with E-state index in [9.17, 15) is 0 Å². The second-order valence-electron chi connectivity index (χ2n) is 5.37. The SMILES string of the molecule is CCC(C)(C(NN)c1ccco1)N1CCCCC1. The number of nitrogens with two attached hydrogens (primary N) is 1. The lowest BCUT2D eigenvalue weighted by molar-refractivity contribution is 0.0357. The highest BCUT2D eigenvalue weighted by molar-refractivity contribution is 5.12. The zero-order valence-corrected chi connectivity index (χ0v) is 11.5. The molecule has 2 rings (SSSR count). The first kappa shape index (κ1) is 13.6. The van der Waals surface area contributed by atoms with Crippen LogP contribution in [-0.2, 0) is 0 Å². The third kappa shape index (κ3) is 2.46. The number of nitrogens with one attached hydrogen (secondary N) is 1. The third-order valence-electron chi connectivity index (χ3n) is 4.41. The molecule has 102 valence electrons. The van der Waals surface area contributed by atoms with Gasteiger partial charge >= 0.3 is 0 Å². The van der Waals surface area contributed by atoms with Crippen LogP contribution in [0.5, 0.6) is 0 Å². The Balaban J connectivity index is 2.23. The van der Waals surface area contributed by atoms with Crippen LogP contribution in [0.25, 0.3) is 0 Å². The molecule has 3 N–H and O–H groups in total. The van der Waals surface area contributed by atoms with Gasteiger partial charge in [0.2, 0.25) is 0 Å². The Kier molecular flexibility index (Phi) is 4.43. The molecule has 0 amide bonds. The largest absolute Gasteiger partial charge is 0.468 e. The molecule has 2 unspecified atom stereocenters. The molecule has 0 radical (unpaired) electrons. The smallest absolute Gasteiger partial charge is 0.123 e. The summed E-state index contributed by atoms with van der Waals surface area (Å²) in [5.74, 6) is 6.72. The van der Waals surface area contributed by atoms with Crippen LogP contribution in [0.4, 0.5) is 0 Å². The summed E-state index contributed by atoms with van der Waals surface area (Å²) in [6.07, 6.45) is 6.67. The van der Waals surface area contributed by atoms with E-state index in [0.29, 0.717) is 0 Å². The summed E-state index contributed by atoms with van der Waals surface area (Å²) in [5.41, 5.74) is 2.96. The van der Waals surface area contributed by atoms with E-state index in [1.54, 1.807) is 6.26 Å². The fourth-order valence-corrected chi connectivity index (χ4v) is 3.04. The molecule has 2 heterocycles. The molecule has 1 aromatic rings. The van der Waals surface area contributed by atoms with Crippen LogP contribution < -0.4 is 11.3 Å². The number of hydrazine groups is 1. The van der Waals surface area contributed by atoms with Gasteiger partial charge in [-0.05, 0) is 51.4 Å². The summed E-state index contributed by atoms with van der Waals surface area (Å²) < 4.78 is 5.56. The van der Waals surface area contributed by atoms with Crippen LogP contribution in [0.15, 0.2) is 22.8 Å². The molecule has 1 fully saturated rings. The molecule has 1 saturated heterocycles. The monoisotopic (exact) mass is 251 g/mol. The van der Waals surface area contributed by atoms with Crippen molar-refractivity contribution in [3.63, 3.8) is 0 Å². The van der Waals surface area contributed by atoms with Crippen LogP contribution in [0, 0.1) is 0 Å². The topological polar surface area (TPSA) is 54.4 Å². The molecular formula is C14H25N3O. The minimum Gasteiger partial charge on any atom is -0.468 e. The Hall–Kier alpha value is -0.840. The lowest BCUT2D eigenvalue weighted by Crippen LogP contribution is -2.57. The van der Waals surface area contributed by atoms with Crippen molar-refractivity contribution in [3.8, 4) is 0 Å². The van der Waals surface area contributed by atoms with Gasteiger partial charge in [0.25, 0.3) is 0 Å². The zero-order chi connectivity index (χ0) is 13.0. The minimum atomic E-state index is 0.00697. The number of nitrogens with zero attached hydrogens (tertiary/aromatic N) is 1. The van der Waals surface area contributed by atoms with Crippen molar-refractivity contribution in [1.29, 1.82) is 0 Å². The summed E-state index contributed by atoms with van der Waals surface area (Å²) in [5, 5.41) is 0. The second kappa shape index (κ2) is 5.87. The van der Waals surface area contributed by atoms with Crippen molar-refractivity contribution in [2.45, 2.75) is 51.1 Å². The molecule has 0 saturated carbocycles. The number of rotatable bonds is 5. The van der Waals surface area contributed by atoms with Gasteiger partial charge in [0.15, 0.2) is 0 Å². The molecule has 4 heteroatoms. The molecule has 1 aromatic heterocycles. The van der Waals surface area contributed by atoms with Crippen LogP contribution >= 0.6 is 0 Å². The molecule has 1 aliphatic rings. The van der Waals surface area contributed by atoms with Gasteiger partial charge in [-0.25, -0.2) is 5.43 Å². The summed E-state index contributed by atoms with van der Waals surface area (Å²) in [6, 6.07) is 3.96. The highest BCUT2D eigenvalue weighted by Crippen LogP contribution is 2.35. The van der Waals surface area contributed by atoms with E-state index in [0.717, 1.165) is 25.3 Å². The standard InChI is InChI=1S/C14H25N3O/c1-3-14(2,17-9-5-4-6-10-17)13(16-15)12-8-7-11-18-12/h7-8,11,13,16H,3-6,9-10,15H2,1-2H3. The van der Waals surface area contributed by atoms with Crippen molar-refractivity contribution in [2.24, 2.45) is 5.84 Å². The molecular weight excluding hydrogens is 226 g/mol. The fraction of sp³-hybridized carbons (Fsp3) is 0.714. The molecule has 0 spiro atoms. The Bertz CT molecular complexity index is 346. The average Bonchev–Trinajstić information content (AvgIpc) is 2.94. The van der Waals surface area contributed by atoms with Crippen LogP contribution in [0.2, 0.25) is 0 Å². The van der Waals surface area contributed by atoms with Crippen LogP contribution in [0.3, 0.4) is 0 Å². The Morgan fingerprint density at radius 3 is 2.67 bits per heavy atom. The van der Waals surface area contributed by atoms with E-state index in [1.807, 2.05) is 12.1 Å². The maximum Gasteiger partial charge on any atom is 0.123 e. The summed E-state index contributed by atoms with van der Waals surface area (Å²) in [4.78, 5) is 2.56. The number of hydrogen-bond acceptors (Lipinski definition) is 4. The van der Waals surface area contributed by atoms with Gasteiger partial charge in [-0.3, -0.25) is 10.7 Å². The number of piperidine rings is 1. The predicted octanol–water partition coefficient (Wildman–Crippen LogP) is 2.44. The second-order valence-corrected chi connectivity index (χ2v) is 5.37. The lowest BCUT2D eigenvalue weighted by Gasteiger charge is -2.47. The van der Waals surface area contributed by atoms with Crippen molar-refractivity contribution in [1.82, 2.24) is 10.3 Å². The van der Waals surface area contributed by atoms with Gasteiger partial charge in [-0.15, -0.1) is 0 Å². The fourth-order valence-electron chi connectivity index (χ4n) is 3.04. The highest BCUT2D eigenvalue weighted by Gasteiger charge is 2.40. The van der Waals surface area contributed by atoms with E-state index in [4.69, 9.17) is 10.3 Å². The average molecular weight is 251 g/mol. The minimum absolute atomic E-state index is 0.00697. The first-order chi connectivity index (χ1) is 8.72. The molecule has 18 heavy (non-hydrogen) atoms. The first-order valence-electron chi connectivity index (χ1n) is 6.97. The predicted molar refractivity (Wildman–Crippen MR) is 72.9 cm³/mol. The Morgan fingerprint density at radius 1 is 1.44 bits per heavy atom. The molecule has 0 aromatic carbocycles. The number of furan rings is 1. The summed E-state index contributed by atoms with van der Waals surface area (Å²) in [7, 11) is 0. The maximum absolute atomic E-state index is 5.80. The first-order valence-corrected chi connectivity index (χ1v) is 6.97. The van der Waals surface area contributed by atoms with Gasteiger partial charge in [-0.2, -0.15) is 0 Å². The summed E-state index contributed by atoms with van der Waals surface area (Å²) >= 11 is 0.